The average Bonchev–Trinajstić information content (AvgIpc) is 2.26. The number of benzene rings is 1. The van der Waals surface area contributed by atoms with Crippen LogP contribution in [0.15, 0.2) is 18.2 Å². The van der Waals surface area contributed by atoms with Gasteiger partial charge >= 0.3 is 0 Å². The summed E-state index contributed by atoms with van der Waals surface area (Å²) < 4.78 is 31.8. The summed E-state index contributed by atoms with van der Waals surface area (Å²) in [6, 6.07) is 4.18. The molecule has 0 bridgehead atoms. The highest BCUT2D eigenvalue weighted by Crippen LogP contribution is 2.30. The van der Waals surface area contributed by atoms with Crippen LogP contribution < -0.4 is 5.32 Å². The van der Waals surface area contributed by atoms with Crippen LogP contribution in [0, 0.1) is 17.6 Å². The zero-order valence-corrected chi connectivity index (χ0v) is 9.88. The molecule has 1 aromatic carbocycles. The molecule has 0 saturated heterocycles. The molecular weight excluding hydrogens is 224 g/mol. The van der Waals surface area contributed by atoms with Gasteiger partial charge in [-0.15, -0.1) is 0 Å². The quantitative estimate of drug-likeness (QED) is 0.855. The van der Waals surface area contributed by atoms with Gasteiger partial charge in [0.15, 0.2) is 11.6 Å². The lowest BCUT2D eigenvalue weighted by molar-refractivity contribution is -0.0401. The van der Waals surface area contributed by atoms with Gasteiger partial charge in [0, 0.05) is 5.56 Å². The van der Waals surface area contributed by atoms with Gasteiger partial charge in [0.25, 0.3) is 0 Å². The summed E-state index contributed by atoms with van der Waals surface area (Å²) in [5.74, 6) is -0.950. The van der Waals surface area contributed by atoms with Gasteiger partial charge in [-0.2, -0.15) is 0 Å². The lowest BCUT2D eigenvalue weighted by Crippen LogP contribution is -2.36. The van der Waals surface area contributed by atoms with Crippen LogP contribution in [0.1, 0.15) is 18.4 Å². The third-order valence-corrected chi connectivity index (χ3v) is 3.19. The Balaban J connectivity index is 1.78. The van der Waals surface area contributed by atoms with Gasteiger partial charge < -0.3 is 10.1 Å². The second-order valence-corrected chi connectivity index (χ2v) is 4.54. The van der Waals surface area contributed by atoms with Crippen molar-refractivity contribution in [2.24, 2.45) is 5.92 Å². The maximum atomic E-state index is 13.3. The Kier molecular flexibility index (Phi) is 4.07. The molecular formula is C13H17F2NO. The minimum absolute atomic E-state index is 0.153. The summed E-state index contributed by atoms with van der Waals surface area (Å²) in [5, 5.41) is 3.12. The van der Waals surface area contributed by atoms with Crippen LogP contribution in [0.4, 0.5) is 8.78 Å². The van der Waals surface area contributed by atoms with Crippen LogP contribution in [0.2, 0.25) is 0 Å². The van der Waals surface area contributed by atoms with Crippen LogP contribution in [0.3, 0.4) is 0 Å². The molecule has 1 aliphatic rings. The van der Waals surface area contributed by atoms with Crippen molar-refractivity contribution in [3.8, 4) is 0 Å². The number of ether oxygens (including phenoxy) is 1. The zero-order chi connectivity index (χ0) is 12.3. The summed E-state index contributed by atoms with van der Waals surface area (Å²) in [6.45, 7) is 1.15. The van der Waals surface area contributed by atoms with E-state index in [1.165, 1.54) is 6.07 Å². The molecule has 0 atom stereocenters. The fraction of sp³-hybridized carbons (Fsp3) is 0.538. The molecule has 0 aromatic heterocycles. The van der Waals surface area contributed by atoms with E-state index in [0.717, 1.165) is 25.5 Å². The molecule has 2 rings (SSSR count). The van der Waals surface area contributed by atoms with Crippen molar-refractivity contribution < 1.29 is 13.5 Å². The topological polar surface area (TPSA) is 21.3 Å². The van der Waals surface area contributed by atoms with E-state index in [9.17, 15) is 8.78 Å². The van der Waals surface area contributed by atoms with Crippen molar-refractivity contribution in [2.75, 3.05) is 13.6 Å². The predicted molar refractivity (Wildman–Crippen MR) is 61.6 cm³/mol. The molecule has 1 aliphatic carbocycles. The van der Waals surface area contributed by atoms with E-state index in [1.54, 1.807) is 6.07 Å². The lowest BCUT2D eigenvalue weighted by Gasteiger charge is -2.35. The second kappa shape index (κ2) is 5.56. The number of nitrogens with one attached hydrogen (secondary N) is 1. The molecule has 17 heavy (non-hydrogen) atoms. The Hall–Kier alpha value is -1.00. The third-order valence-electron chi connectivity index (χ3n) is 3.19. The fourth-order valence-corrected chi connectivity index (χ4v) is 2.13. The molecule has 1 aromatic rings. The molecule has 0 aliphatic heterocycles. The molecule has 0 unspecified atom stereocenters. The summed E-state index contributed by atoms with van der Waals surface area (Å²) in [6.07, 6.45) is 2.19. The van der Waals surface area contributed by atoms with Crippen molar-refractivity contribution in [1.29, 1.82) is 0 Å². The molecule has 2 nitrogen and oxygen atoms in total. The first kappa shape index (κ1) is 12.5. The van der Waals surface area contributed by atoms with Crippen molar-refractivity contribution in [2.45, 2.75) is 25.6 Å². The molecule has 4 heteroatoms. The van der Waals surface area contributed by atoms with Crippen molar-refractivity contribution >= 4 is 0 Å². The standard InChI is InChI=1S/C13H17F2NO/c1-16-7-9-5-11(6-9)17-8-10-3-2-4-12(14)13(10)15/h2-4,9,11,16H,5-8H2,1H3. The van der Waals surface area contributed by atoms with E-state index < -0.39 is 11.6 Å². The Morgan fingerprint density at radius 3 is 2.82 bits per heavy atom. The first-order valence-corrected chi connectivity index (χ1v) is 5.89. The Morgan fingerprint density at radius 1 is 1.35 bits per heavy atom. The maximum absolute atomic E-state index is 13.3. The van der Waals surface area contributed by atoms with Gasteiger partial charge in [-0.3, -0.25) is 0 Å². The zero-order valence-electron chi connectivity index (χ0n) is 9.88. The fourth-order valence-electron chi connectivity index (χ4n) is 2.13. The highest BCUT2D eigenvalue weighted by Gasteiger charge is 2.29. The Labute approximate surface area is 100.0 Å². The molecule has 0 spiro atoms. The summed E-state index contributed by atoms with van der Waals surface area (Å²) in [5.41, 5.74) is 0.294. The van der Waals surface area contributed by atoms with E-state index >= 15 is 0 Å². The third kappa shape index (κ3) is 3.01. The van der Waals surface area contributed by atoms with Gasteiger partial charge in [-0.25, -0.2) is 8.78 Å². The van der Waals surface area contributed by atoms with Gasteiger partial charge in [0.1, 0.15) is 0 Å². The maximum Gasteiger partial charge on any atom is 0.164 e. The summed E-state index contributed by atoms with van der Waals surface area (Å²) in [4.78, 5) is 0. The number of hydrogen-bond donors (Lipinski definition) is 1. The van der Waals surface area contributed by atoms with E-state index in [2.05, 4.69) is 5.32 Å². The Morgan fingerprint density at radius 2 is 2.12 bits per heavy atom. The SMILES string of the molecule is CNCC1CC(OCc2cccc(F)c2F)C1. The Bertz CT molecular complexity index is 378. The van der Waals surface area contributed by atoms with Crippen molar-refractivity contribution in [3.63, 3.8) is 0 Å². The van der Waals surface area contributed by atoms with Gasteiger partial charge in [-0.05, 0) is 38.4 Å². The van der Waals surface area contributed by atoms with Gasteiger partial charge in [0.2, 0.25) is 0 Å². The minimum atomic E-state index is -0.812. The minimum Gasteiger partial charge on any atom is -0.373 e. The molecule has 1 saturated carbocycles. The van der Waals surface area contributed by atoms with E-state index in [0.29, 0.717) is 11.5 Å². The molecule has 1 fully saturated rings. The highest BCUT2D eigenvalue weighted by molar-refractivity contribution is 5.18. The van der Waals surface area contributed by atoms with E-state index in [1.807, 2.05) is 7.05 Å². The first-order chi connectivity index (χ1) is 8.20. The lowest BCUT2D eigenvalue weighted by atomic mass is 9.82. The van der Waals surface area contributed by atoms with Crippen LogP contribution in [0.25, 0.3) is 0 Å². The smallest absolute Gasteiger partial charge is 0.164 e. The second-order valence-electron chi connectivity index (χ2n) is 4.54. The van der Waals surface area contributed by atoms with E-state index in [-0.39, 0.29) is 12.7 Å². The van der Waals surface area contributed by atoms with Crippen molar-refractivity contribution in [1.82, 2.24) is 5.32 Å². The van der Waals surface area contributed by atoms with Gasteiger partial charge in [0.05, 0.1) is 12.7 Å². The van der Waals surface area contributed by atoms with Crippen LogP contribution in [0.5, 0.6) is 0 Å². The normalized spacial score (nSPS) is 23.5. The molecule has 0 radical (unpaired) electrons. The monoisotopic (exact) mass is 241 g/mol. The molecule has 0 amide bonds. The molecule has 0 heterocycles. The predicted octanol–water partition coefficient (Wildman–Crippen LogP) is 2.48. The van der Waals surface area contributed by atoms with Gasteiger partial charge in [-0.1, -0.05) is 12.1 Å². The highest BCUT2D eigenvalue weighted by atomic mass is 19.2. The van der Waals surface area contributed by atoms with Crippen LogP contribution in [-0.4, -0.2) is 19.7 Å². The summed E-state index contributed by atoms with van der Waals surface area (Å²) >= 11 is 0. The average molecular weight is 241 g/mol. The number of hydrogen-bond acceptors (Lipinski definition) is 2. The largest absolute Gasteiger partial charge is 0.373 e. The van der Waals surface area contributed by atoms with Crippen LogP contribution >= 0.6 is 0 Å². The molecule has 94 valence electrons. The molecule has 1 N–H and O–H groups in total. The number of halogens is 2. The number of rotatable bonds is 5. The van der Waals surface area contributed by atoms with Crippen molar-refractivity contribution in [3.05, 3.63) is 35.4 Å². The van der Waals surface area contributed by atoms with Crippen LogP contribution in [-0.2, 0) is 11.3 Å². The first-order valence-electron chi connectivity index (χ1n) is 5.89. The van der Waals surface area contributed by atoms with E-state index in [4.69, 9.17) is 4.74 Å². The summed E-state index contributed by atoms with van der Waals surface area (Å²) in [7, 11) is 1.93.